The van der Waals surface area contributed by atoms with Gasteiger partial charge in [-0.3, -0.25) is 0 Å². The first-order chi connectivity index (χ1) is 8.47. The number of ether oxygens (including phenoxy) is 2. The van der Waals surface area contributed by atoms with Gasteiger partial charge in [0.1, 0.15) is 5.82 Å². The van der Waals surface area contributed by atoms with Crippen LogP contribution in [0.4, 0.5) is 4.39 Å². The van der Waals surface area contributed by atoms with E-state index in [1.165, 1.54) is 20.3 Å². The van der Waals surface area contributed by atoms with Gasteiger partial charge in [-0.05, 0) is 19.8 Å². The maximum absolute atomic E-state index is 13.9. The summed E-state index contributed by atoms with van der Waals surface area (Å²) in [6.45, 7) is 1.90. The molecule has 3 nitrogen and oxygen atoms in total. The molecular formula is C13H17ClFNO2. The van der Waals surface area contributed by atoms with E-state index in [-0.39, 0.29) is 16.5 Å². The molecule has 1 saturated carbocycles. The molecule has 0 aromatic heterocycles. The van der Waals surface area contributed by atoms with Crippen molar-refractivity contribution in [2.45, 2.75) is 31.2 Å². The first kappa shape index (κ1) is 13.4. The van der Waals surface area contributed by atoms with Gasteiger partial charge in [0.05, 0.1) is 19.2 Å². The van der Waals surface area contributed by atoms with E-state index in [1.807, 2.05) is 6.92 Å². The first-order valence-electron chi connectivity index (χ1n) is 5.84. The van der Waals surface area contributed by atoms with Gasteiger partial charge in [0.25, 0.3) is 0 Å². The lowest BCUT2D eigenvalue weighted by Crippen LogP contribution is -2.32. The predicted octanol–water partition coefficient (Wildman–Crippen LogP) is 2.88. The van der Waals surface area contributed by atoms with Gasteiger partial charge in [0, 0.05) is 23.1 Å². The zero-order valence-electron chi connectivity index (χ0n) is 10.7. The fourth-order valence-corrected chi connectivity index (χ4v) is 2.78. The van der Waals surface area contributed by atoms with Gasteiger partial charge in [-0.1, -0.05) is 11.6 Å². The second-order valence-corrected chi connectivity index (χ2v) is 5.11. The van der Waals surface area contributed by atoms with E-state index in [2.05, 4.69) is 0 Å². The molecule has 1 aliphatic rings. The molecular weight excluding hydrogens is 257 g/mol. The molecule has 1 aromatic rings. The van der Waals surface area contributed by atoms with Crippen molar-refractivity contribution in [2.24, 2.45) is 5.73 Å². The molecule has 2 N–H and O–H groups in total. The van der Waals surface area contributed by atoms with E-state index < -0.39 is 5.82 Å². The summed E-state index contributed by atoms with van der Waals surface area (Å²) in [6, 6.07) is 1.12. The second-order valence-electron chi connectivity index (χ2n) is 4.73. The first-order valence-corrected chi connectivity index (χ1v) is 6.21. The van der Waals surface area contributed by atoms with Gasteiger partial charge < -0.3 is 15.2 Å². The maximum Gasteiger partial charge on any atom is 0.166 e. The van der Waals surface area contributed by atoms with Crippen molar-refractivity contribution in [3.8, 4) is 11.5 Å². The van der Waals surface area contributed by atoms with Gasteiger partial charge >= 0.3 is 0 Å². The van der Waals surface area contributed by atoms with Crippen molar-refractivity contribution in [3.05, 3.63) is 22.5 Å². The second kappa shape index (κ2) is 4.59. The fourth-order valence-electron chi connectivity index (χ4n) is 2.45. The van der Waals surface area contributed by atoms with Crippen LogP contribution >= 0.6 is 11.6 Å². The number of rotatable bonds is 4. The summed E-state index contributed by atoms with van der Waals surface area (Å²) >= 11 is 6.11. The molecule has 5 heteroatoms. The van der Waals surface area contributed by atoms with Gasteiger partial charge in [0.15, 0.2) is 11.5 Å². The van der Waals surface area contributed by atoms with Gasteiger partial charge in [0.2, 0.25) is 0 Å². The summed E-state index contributed by atoms with van der Waals surface area (Å²) in [7, 11) is 2.99. The Morgan fingerprint density at radius 1 is 1.39 bits per heavy atom. The summed E-state index contributed by atoms with van der Waals surface area (Å²) in [5, 5.41) is 0.0856. The Morgan fingerprint density at radius 3 is 2.39 bits per heavy atom. The van der Waals surface area contributed by atoms with Crippen molar-refractivity contribution >= 4 is 11.6 Å². The van der Waals surface area contributed by atoms with Crippen LogP contribution in [0.2, 0.25) is 5.02 Å². The highest BCUT2D eigenvalue weighted by Gasteiger charge is 2.51. The number of nitrogens with two attached hydrogens (primary N) is 1. The molecule has 0 heterocycles. The molecule has 0 amide bonds. The molecule has 18 heavy (non-hydrogen) atoms. The van der Waals surface area contributed by atoms with Crippen LogP contribution in [0.25, 0.3) is 0 Å². The van der Waals surface area contributed by atoms with Crippen molar-refractivity contribution in [3.63, 3.8) is 0 Å². The molecule has 0 spiro atoms. The Kier molecular flexibility index (Phi) is 3.43. The zero-order valence-corrected chi connectivity index (χ0v) is 11.5. The summed E-state index contributed by atoms with van der Waals surface area (Å²) in [5.41, 5.74) is 6.37. The van der Waals surface area contributed by atoms with Crippen LogP contribution < -0.4 is 15.2 Å². The SMILES string of the molecule is COc1cc(F)c(Cl)c(C2(C(C)N)CC2)c1OC. The third kappa shape index (κ3) is 1.84. The normalized spacial score (nSPS) is 18.3. The lowest BCUT2D eigenvalue weighted by molar-refractivity contribution is 0.343. The van der Waals surface area contributed by atoms with Gasteiger partial charge in [-0.15, -0.1) is 0 Å². The van der Waals surface area contributed by atoms with Gasteiger partial charge in [-0.25, -0.2) is 4.39 Å². The number of benzene rings is 1. The number of hydrogen-bond donors (Lipinski definition) is 1. The Bertz CT molecular complexity index is 473. The number of methoxy groups -OCH3 is 2. The molecule has 0 bridgehead atoms. The average Bonchev–Trinajstić information content (AvgIpc) is 3.12. The monoisotopic (exact) mass is 273 g/mol. The van der Waals surface area contributed by atoms with Crippen molar-refractivity contribution in [1.82, 2.24) is 0 Å². The van der Waals surface area contributed by atoms with Crippen molar-refractivity contribution < 1.29 is 13.9 Å². The van der Waals surface area contributed by atoms with E-state index in [1.54, 1.807) is 0 Å². The topological polar surface area (TPSA) is 44.5 Å². The lowest BCUT2D eigenvalue weighted by atomic mass is 9.88. The number of halogens is 2. The zero-order chi connectivity index (χ0) is 13.5. The maximum atomic E-state index is 13.9. The third-order valence-electron chi connectivity index (χ3n) is 3.72. The van der Waals surface area contributed by atoms with E-state index in [4.69, 9.17) is 26.8 Å². The summed E-state index contributed by atoms with van der Waals surface area (Å²) in [4.78, 5) is 0. The van der Waals surface area contributed by atoms with Crippen LogP contribution in [0.5, 0.6) is 11.5 Å². The van der Waals surface area contributed by atoms with Crippen LogP contribution in [0, 0.1) is 5.82 Å². The Labute approximate surface area is 111 Å². The van der Waals surface area contributed by atoms with Crippen LogP contribution in [0.3, 0.4) is 0 Å². The summed E-state index contributed by atoms with van der Waals surface area (Å²) in [5.74, 6) is 0.330. The molecule has 1 aliphatic carbocycles. The van der Waals surface area contributed by atoms with E-state index in [0.29, 0.717) is 17.1 Å². The Morgan fingerprint density at radius 2 is 2.00 bits per heavy atom. The van der Waals surface area contributed by atoms with Crippen LogP contribution in [-0.4, -0.2) is 20.3 Å². The minimum Gasteiger partial charge on any atom is -0.493 e. The van der Waals surface area contributed by atoms with Crippen LogP contribution in [-0.2, 0) is 5.41 Å². The molecule has 0 aliphatic heterocycles. The van der Waals surface area contributed by atoms with Crippen molar-refractivity contribution in [1.29, 1.82) is 0 Å². The highest BCUT2D eigenvalue weighted by molar-refractivity contribution is 6.32. The molecule has 1 unspecified atom stereocenters. The standard InChI is InChI=1S/C13H17ClFNO2/c1-7(16)13(4-5-13)10-11(14)8(15)6-9(17-2)12(10)18-3/h6-7H,4-5,16H2,1-3H3. The summed E-state index contributed by atoms with van der Waals surface area (Å²) in [6.07, 6.45) is 1.76. The average molecular weight is 274 g/mol. The molecule has 1 aromatic carbocycles. The molecule has 1 atom stereocenters. The highest BCUT2D eigenvalue weighted by Crippen LogP contribution is 2.57. The fraction of sp³-hybridized carbons (Fsp3) is 0.538. The minimum absolute atomic E-state index is 0.0856. The smallest absolute Gasteiger partial charge is 0.166 e. The predicted molar refractivity (Wildman–Crippen MR) is 69.1 cm³/mol. The lowest BCUT2D eigenvalue weighted by Gasteiger charge is -2.25. The van der Waals surface area contributed by atoms with Gasteiger partial charge in [-0.2, -0.15) is 0 Å². The molecule has 2 rings (SSSR count). The van der Waals surface area contributed by atoms with Crippen molar-refractivity contribution in [2.75, 3.05) is 14.2 Å². The quantitative estimate of drug-likeness (QED) is 0.917. The molecule has 1 fully saturated rings. The molecule has 0 saturated heterocycles. The Hall–Kier alpha value is -1.00. The molecule has 100 valence electrons. The van der Waals surface area contributed by atoms with E-state index in [0.717, 1.165) is 12.8 Å². The van der Waals surface area contributed by atoms with E-state index in [9.17, 15) is 4.39 Å². The van der Waals surface area contributed by atoms with Crippen LogP contribution in [0.1, 0.15) is 25.3 Å². The summed E-state index contributed by atoms with van der Waals surface area (Å²) < 4.78 is 24.4. The largest absolute Gasteiger partial charge is 0.493 e. The number of hydrogen-bond acceptors (Lipinski definition) is 3. The molecule has 0 radical (unpaired) electrons. The third-order valence-corrected chi connectivity index (χ3v) is 4.09. The highest BCUT2D eigenvalue weighted by atomic mass is 35.5. The van der Waals surface area contributed by atoms with E-state index >= 15 is 0 Å². The minimum atomic E-state index is -0.503. The van der Waals surface area contributed by atoms with Crippen LogP contribution in [0.15, 0.2) is 6.07 Å². The Balaban J connectivity index is 2.68.